The zero-order valence-electron chi connectivity index (χ0n) is 19.3. The number of anilines is 4. The molecular weight excluding hydrogens is 474 g/mol. The number of H-pyrrole nitrogens is 1. The highest BCUT2D eigenvalue weighted by atomic mass is 32.2. The van der Waals surface area contributed by atoms with Crippen LogP contribution in [0.25, 0.3) is 11.5 Å². The lowest BCUT2D eigenvalue weighted by molar-refractivity contribution is 0.580. The summed E-state index contributed by atoms with van der Waals surface area (Å²) in [5.41, 5.74) is 1.94. The van der Waals surface area contributed by atoms with Crippen molar-refractivity contribution in [2.45, 2.75) is 10.1 Å². The van der Waals surface area contributed by atoms with Gasteiger partial charge < -0.3 is 19.5 Å². The maximum atomic E-state index is 5.45. The van der Waals surface area contributed by atoms with E-state index >= 15 is 0 Å². The molecule has 5 aromatic rings. The lowest BCUT2D eigenvalue weighted by atomic mass is 10.3. The molecular formula is C25H23N9OS. The number of aromatic nitrogens is 6. The van der Waals surface area contributed by atoms with Gasteiger partial charge in [0.1, 0.15) is 5.69 Å². The zero-order chi connectivity index (χ0) is 24.2. The predicted molar refractivity (Wildman–Crippen MR) is 139 cm³/mol. The molecule has 0 radical (unpaired) electrons. The van der Waals surface area contributed by atoms with Gasteiger partial charge in [-0.1, -0.05) is 18.2 Å². The minimum atomic E-state index is 0.437. The number of nitrogens with zero attached hydrogens (tertiary/aromatic N) is 7. The van der Waals surface area contributed by atoms with Crippen molar-refractivity contribution in [2.75, 3.05) is 41.3 Å². The summed E-state index contributed by atoms with van der Waals surface area (Å²) in [5.74, 6) is 2.38. The van der Waals surface area contributed by atoms with Gasteiger partial charge in [-0.05, 0) is 48.2 Å². The second kappa shape index (κ2) is 10.1. The minimum absolute atomic E-state index is 0.437. The number of hydrogen-bond donors (Lipinski definition) is 2. The monoisotopic (exact) mass is 497 g/mol. The van der Waals surface area contributed by atoms with Crippen LogP contribution in [0.15, 0.2) is 93.8 Å². The summed E-state index contributed by atoms with van der Waals surface area (Å²) in [7, 11) is 0. The maximum Gasteiger partial charge on any atom is 0.234 e. The molecule has 5 heterocycles. The van der Waals surface area contributed by atoms with Gasteiger partial charge in [-0.25, -0.2) is 0 Å². The van der Waals surface area contributed by atoms with E-state index in [1.54, 1.807) is 6.26 Å². The molecule has 11 heteroatoms. The van der Waals surface area contributed by atoms with E-state index in [1.807, 2.05) is 73.1 Å². The van der Waals surface area contributed by atoms with Crippen LogP contribution < -0.4 is 15.1 Å². The molecule has 2 N–H and O–H groups in total. The predicted octanol–water partition coefficient (Wildman–Crippen LogP) is 4.47. The second-order valence-corrected chi connectivity index (χ2v) is 9.15. The van der Waals surface area contributed by atoms with Gasteiger partial charge in [0.2, 0.25) is 11.9 Å². The molecule has 1 aliphatic heterocycles. The molecule has 6 rings (SSSR count). The molecule has 180 valence electrons. The Balaban J connectivity index is 1.24. The van der Waals surface area contributed by atoms with Crippen molar-refractivity contribution in [1.29, 1.82) is 0 Å². The van der Waals surface area contributed by atoms with Crippen LogP contribution in [0.2, 0.25) is 0 Å². The third kappa shape index (κ3) is 5.01. The van der Waals surface area contributed by atoms with E-state index in [2.05, 4.69) is 35.3 Å². The first kappa shape index (κ1) is 22.1. The molecule has 1 fully saturated rings. The fourth-order valence-corrected chi connectivity index (χ4v) is 4.72. The number of nitrogens with one attached hydrogen (secondary N) is 2. The molecule has 0 bridgehead atoms. The van der Waals surface area contributed by atoms with Gasteiger partial charge in [-0.2, -0.15) is 20.1 Å². The number of benzene rings is 1. The standard InChI is InChI=1S/C25H23N9OS/c1-2-5-19(6-3-1)36-25-29-23(27-22-17-20(31-32-22)21-7-4-16-35-21)28-24(30-25)34-14-12-33(13-15-34)18-8-10-26-11-9-18/h1-11,16-17H,12-15H2,(H2,27,28,29,30,31,32). The third-order valence-corrected chi connectivity index (χ3v) is 6.62. The highest BCUT2D eigenvalue weighted by Gasteiger charge is 2.21. The van der Waals surface area contributed by atoms with Crippen LogP contribution in [0.4, 0.5) is 23.4 Å². The second-order valence-electron chi connectivity index (χ2n) is 8.11. The Morgan fingerprint density at radius 1 is 0.861 bits per heavy atom. The van der Waals surface area contributed by atoms with Crippen molar-refractivity contribution in [3.63, 3.8) is 0 Å². The summed E-state index contributed by atoms with van der Waals surface area (Å²) in [6, 6.07) is 19.7. The van der Waals surface area contributed by atoms with Crippen LogP contribution in [0.3, 0.4) is 0 Å². The Kier molecular flexibility index (Phi) is 6.19. The molecule has 0 spiro atoms. The fraction of sp³-hybridized carbons (Fsp3) is 0.160. The van der Waals surface area contributed by atoms with E-state index < -0.39 is 0 Å². The van der Waals surface area contributed by atoms with Gasteiger partial charge in [0.05, 0.1) is 6.26 Å². The molecule has 1 aliphatic rings. The Hall–Kier alpha value is -4.38. The van der Waals surface area contributed by atoms with Crippen molar-refractivity contribution in [1.82, 2.24) is 30.1 Å². The van der Waals surface area contributed by atoms with Gasteiger partial charge in [0.25, 0.3) is 0 Å². The number of hydrogen-bond acceptors (Lipinski definition) is 10. The normalized spacial score (nSPS) is 13.7. The molecule has 1 saturated heterocycles. The molecule has 0 amide bonds. The molecule has 4 aromatic heterocycles. The van der Waals surface area contributed by atoms with Crippen molar-refractivity contribution < 1.29 is 4.42 Å². The average Bonchev–Trinajstić information content (AvgIpc) is 3.62. The van der Waals surface area contributed by atoms with Crippen LogP contribution in [0.1, 0.15) is 0 Å². The van der Waals surface area contributed by atoms with Gasteiger partial charge in [0.15, 0.2) is 16.7 Å². The Morgan fingerprint density at radius 3 is 2.44 bits per heavy atom. The fourth-order valence-electron chi connectivity index (χ4n) is 3.96. The zero-order valence-corrected chi connectivity index (χ0v) is 20.1. The van der Waals surface area contributed by atoms with Crippen LogP contribution in [-0.2, 0) is 0 Å². The lowest BCUT2D eigenvalue weighted by Gasteiger charge is -2.36. The van der Waals surface area contributed by atoms with Crippen LogP contribution in [0.5, 0.6) is 0 Å². The van der Waals surface area contributed by atoms with E-state index in [0.717, 1.165) is 36.8 Å². The first-order valence-corrected chi connectivity index (χ1v) is 12.4. The molecule has 1 aromatic carbocycles. The Labute approximate surface area is 211 Å². The highest BCUT2D eigenvalue weighted by molar-refractivity contribution is 7.99. The van der Waals surface area contributed by atoms with Crippen LogP contribution >= 0.6 is 11.8 Å². The van der Waals surface area contributed by atoms with Crippen molar-refractivity contribution in [2.24, 2.45) is 0 Å². The maximum absolute atomic E-state index is 5.45. The summed E-state index contributed by atoms with van der Waals surface area (Å²) in [5, 5.41) is 11.2. The van der Waals surface area contributed by atoms with E-state index in [1.165, 1.54) is 17.4 Å². The molecule has 36 heavy (non-hydrogen) atoms. The topological polar surface area (TPSA) is 112 Å². The van der Waals surface area contributed by atoms with E-state index in [0.29, 0.717) is 28.6 Å². The van der Waals surface area contributed by atoms with Gasteiger partial charge in [-0.3, -0.25) is 10.1 Å². The molecule has 0 unspecified atom stereocenters. The van der Waals surface area contributed by atoms with Crippen molar-refractivity contribution in [3.8, 4) is 11.5 Å². The van der Waals surface area contributed by atoms with Crippen LogP contribution in [0, 0.1) is 0 Å². The summed E-state index contributed by atoms with van der Waals surface area (Å²) in [6.45, 7) is 3.33. The van der Waals surface area contributed by atoms with Gasteiger partial charge >= 0.3 is 0 Å². The smallest absolute Gasteiger partial charge is 0.234 e. The van der Waals surface area contributed by atoms with Crippen molar-refractivity contribution in [3.05, 3.63) is 79.3 Å². The molecule has 0 aliphatic carbocycles. The van der Waals surface area contributed by atoms with E-state index in [9.17, 15) is 0 Å². The summed E-state index contributed by atoms with van der Waals surface area (Å²) in [4.78, 5) is 23.9. The quantitative estimate of drug-likeness (QED) is 0.334. The molecule has 0 atom stereocenters. The first-order chi connectivity index (χ1) is 17.8. The molecule has 10 nitrogen and oxygen atoms in total. The number of rotatable bonds is 7. The van der Waals surface area contributed by atoms with E-state index in [4.69, 9.17) is 14.4 Å². The largest absolute Gasteiger partial charge is 0.463 e. The van der Waals surface area contributed by atoms with E-state index in [-0.39, 0.29) is 0 Å². The average molecular weight is 498 g/mol. The third-order valence-electron chi connectivity index (χ3n) is 5.75. The minimum Gasteiger partial charge on any atom is -0.463 e. The number of pyridine rings is 1. The summed E-state index contributed by atoms with van der Waals surface area (Å²) < 4.78 is 5.45. The van der Waals surface area contributed by atoms with Crippen LogP contribution in [-0.4, -0.2) is 56.3 Å². The Morgan fingerprint density at radius 2 is 1.67 bits per heavy atom. The summed E-state index contributed by atoms with van der Waals surface area (Å²) >= 11 is 1.50. The van der Waals surface area contributed by atoms with Gasteiger partial charge in [0, 0.05) is 55.2 Å². The van der Waals surface area contributed by atoms with Crippen molar-refractivity contribution >= 4 is 35.2 Å². The first-order valence-electron chi connectivity index (χ1n) is 11.6. The molecule has 0 saturated carbocycles. The number of furan rings is 1. The van der Waals surface area contributed by atoms with Gasteiger partial charge in [-0.15, -0.1) is 0 Å². The summed E-state index contributed by atoms with van der Waals surface area (Å²) in [6.07, 6.45) is 5.28. The number of aromatic amines is 1. The SMILES string of the molecule is c1ccc(Sc2nc(Nc3cc(-c4ccco4)[nH]n3)nc(N3CCN(c4ccncc4)CC3)n2)cc1. The number of piperazine rings is 1. The Bertz CT molecular complexity index is 1400. The highest BCUT2D eigenvalue weighted by Crippen LogP contribution is 2.28. The lowest BCUT2D eigenvalue weighted by Crippen LogP contribution is -2.47.